The monoisotopic (exact) mass is 286 g/mol. The van der Waals surface area contributed by atoms with Crippen molar-refractivity contribution in [3.63, 3.8) is 0 Å². The zero-order chi connectivity index (χ0) is 14.4. The molecular formula is C14H25NO3P+. The van der Waals surface area contributed by atoms with E-state index in [1.54, 1.807) is 6.92 Å². The van der Waals surface area contributed by atoms with Crippen LogP contribution in [0.3, 0.4) is 0 Å². The van der Waals surface area contributed by atoms with E-state index < -0.39 is 7.60 Å². The largest absolute Gasteiger partial charge is 0.381 e. The lowest BCUT2D eigenvalue weighted by Crippen LogP contribution is -2.47. The number of nitrogens with zero attached hydrogens (tertiary/aromatic N) is 1. The van der Waals surface area contributed by atoms with Crippen LogP contribution in [0, 0.1) is 0 Å². The molecule has 0 amide bonds. The summed E-state index contributed by atoms with van der Waals surface area (Å²) in [5, 5.41) is 0. The van der Waals surface area contributed by atoms with Crippen LogP contribution >= 0.6 is 7.60 Å². The number of quaternary nitrogens is 1. The second-order valence-electron chi connectivity index (χ2n) is 4.81. The Bertz CT molecular complexity index is 418. The molecule has 19 heavy (non-hydrogen) atoms. The summed E-state index contributed by atoms with van der Waals surface area (Å²) in [6.45, 7) is 8.49. The standard InChI is InChI=1S/C14H24NO3P/c1-4-15(5-2,13-19(16,17)18-6-3)12-14-10-8-7-9-11-14/h7-11H,4-6,12-13H2,1-3H3/p+1. The summed E-state index contributed by atoms with van der Waals surface area (Å²) in [5.74, 6) is 0. The molecule has 0 saturated carbocycles. The highest BCUT2D eigenvalue weighted by Gasteiger charge is 2.35. The number of benzene rings is 1. The van der Waals surface area contributed by atoms with Crippen molar-refractivity contribution in [2.45, 2.75) is 27.3 Å². The van der Waals surface area contributed by atoms with Crippen LogP contribution in [0.5, 0.6) is 0 Å². The molecule has 0 aliphatic rings. The SMILES string of the molecule is CCOP(=O)(O)C[N+](CC)(CC)Cc1ccccc1. The molecule has 4 nitrogen and oxygen atoms in total. The molecule has 0 aliphatic carbocycles. The lowest BCUT2D eigenvalue weighted by Gasteiger charge is -2.37. The number of rotatable bonds is 8. The van der Waals surface area contributed by atoms with E-state index in [0.29, 0.717) is 4.48 Å². The smallest absolute Gasteiger partial charge is 0.320 e. The first-order chi connectivity index (χ1) is 8.97. The first kappa shape index (κ1) is 16.4. The Kier molecular flexibility index (Phi) is 6.21. The van der Waals surface area contributed by atoms with Gasteiger partial charge < -0.3 is 13.9 Å². The quantitative estimate of drug-likeness (QED) is 0.589. The average molecular weight is 286 g/mol. The second-order valence-corrected chi connectivity index (χ2v) is 6.63. The Morgan fingerprint density at radius 1 is 1.16 bits per heavy atom. The normalized spacial score (nSPS) is 15.2. The molecule has 1 aromatic carbocycles. The van der Waals surface area contributed by atoms with Crippen molar-refractivity contribution in [3.8, 4) is 0 Å². The first-order valence-electron chi connectivity index (χ1n) is 6.82. The van der Waals surface area contributed by atoms with Gasteiger partial charge >= 0.3 is 7.60 Å². The van der Waals surface area contributed by atoms with Crippen molar-refractivity contribution in [2.24, 2.45) is 0 Å². The Morgan fingerprint density at radius 3 is 2.21 bits per heavy atom. The molecule has 0 heterocycles. The zero-order valence-corrected chi connectivity index (χ0v) is 13.0. The van der Waals surface area contributed by atoms with Gasteiger partial charge in [-0.2, -0.15) is 0 Å². The minimum Gasteiger partial charge on any atom is -0.320 e. The van der Waals surface area contributed by atoms with Gasteiger partial charge in [0.1, 0.15) is 6.54 Å². The summed E-state index contributed by atoms with van der Waals surface area (Å²) in [5.41, 5.74) is 1.18. The molecule has 1 aromatic rings. The van der Waals surface area contributed by atoms with Crippen LogP contribution < -0.4 is 0 Å². The van der Waals surface area contributed by atoms with E-state index in [4.69, 9.17) is 4.52 Å². The highest BCUT2D eigenvalue weighted by molar-refractivity contribution is 7.52. The van der Waals surface area contributed by atoms with Gasteiger partial charge in [-0.25, -0.2) is 0 Å². The van der Waals surface area contributed by atoms with Crippen LogP contribution in [-0.4, -0.2) is 35.4 Å². The molecule has 1 N–H and O–H groups in total. The molecule has 5 heteroatoms. The summed E-state index contributed by atoms with van der Waals surface area (Å²) < 4.78 is 17.6. The van der Waals surface area contributed by atoms with Crippen molar-refractivity contribution >= 4 is 7.60 Å². The molecule has 1 atom stereocenters. The number of hydrogen-bond acceptors (Lipinski definition) is 2. The molecule has 108 valence electrons. The molecule has 1 unspecified atom stereocenters. The van der Waals surface area contributed by atoms with Gasteiger partial charge in [-0.1, -0.05) is 30.3 Å². The minimum atomic E-state index is -3.51. The van der Waals surface area contributed by atoms with Gasteiger partial charge in [-0.05, 0) is 20.8 Å². The maximum atomic E-state index is 12.1. The van der Waals surface area contributed by atoms with E-state index in [9.17, 15) is 9.46 Å². The Hall–Kier alpha value is -0.670. The van der Waals surface area contributed by atoms with Crippen LogP contribution in [0.4, 0.5) is 0 Å². The van der Waals surface area contributed by atoms with E-state index >= 15 is 0 Å². The van der Waals surface area contributed by atoms with Crippen LogP contribution in [-0.2, 0) is 15.6 Å². The van der Waals surface area contributed by atoms with Crippen molar-refractivity contribution in [1.29, 1.82) is 0 Å². The van der Waals surface area contributed by atoms with Crippen molar-refractivity contribution in [3.05, 3.63) is 35.9 Å². The lowest BCUT2D eigenvalue weighted by molar-refractivity contribution is -0.928. The fourth-order valence-corrected chi connectivity index (χ4v) is 4.03. The molecule has 0 aromatic heterocycles. The highest BCUT2D eigenvalue weighted by atomic mass is 31.2. The maximum absolute atomic E-state index is 12.1. The van der Waals surface area contributed by atoms with Crippen molar-refractivity contribution in [2.75, 3.05) is 26.0 Å². The molecule has 0 spiro atoms. The van der Waals surface area contributed by atoms with Crippen LogP contribution in [0.1, 0.15) is 26.3 Å². The summed E-state index contributed by atoms with van der Waals surface area (Å²) >= 11 is 0. The van der Waals surface area contributed by atoms with Crippen molar-refractivity contribution < 1.29 is 18.5 Å². The second kappa shape index (κ2) is 7.20. The molecule has 1 rings (SSSR count). The third-order valence-electron chi connectivity index (χ3n) is 3.51. The van der Waals surface area contributed by atoms with Crippen LogP contribution in [0.25, 0.3) is 0 Å². The van der Waals surface area contributed by atoms with Crippen LogP contribution in [0.15, 0.2) is 30.3 Å². The van der Waals surface area contributed by atoms with E-state index in [1.807, 2.05) is 18.2 Å². The van der Waals surface area contributed by atoms with E-state index in [0.717, 1.165) is 19.6 Å². The third-order valence-corrected chi connectivity index (χ3v) is 5.13. The molecular weight excluding hydrogens is 261 g/mol. The van der Waals surface area contributed by atoms with Gasteiger partial charge in [0.2, 0.25) is 0 Å². The maximum Gasteiger partial charge on any atom is 0.381 e. The van der Waals surface area contributed by atoms with E-state index in [2.05, 4.69) is 26.0 Å². The summed E-state index contributed by atoms with van der Waals surface area (Å²) in [6, 6.07) is 10.1. The van der Waals surface area contributed by atoms with Crippen molar-refractivity contribution in [1.82, 2.24) is 0 Å². The summed E-state index contributed by atoms with van der Waals surface area (Å²) in [4.78, 5) is 9.91. The fourth-order valence-electron chi connectivity index (χ4n) is 2.29. The molecule has 0 aliphatic heterocycles. The first-order valence-corrected chi connectivity index (χ1v) is 8.58. The van der Waals surface area contributed by atoms with E-state index in [-0.39, 0.29) is 12.9 Å². The van der Waals surface area contributed by atoms with Gasteiger partial charge in [0, 0.05) is 5.56 Å². The predicted octanol–water partition coefficient (Wildman–Crippen LogP) is 3.22. The summed E-state index contributed by atoms with van der Waals surface area (Å²) in [7, 11) is -3.51. The Labute approximate surface area is 116 Å². The molecule has 0 fully saturated rings. The van der Waals surface area contributed by atoms with Gasteiger partial charge in [-0.3, -0.25) is 4.57 Å². The molecule has 0 radical (unpaired) electrons. The Morgan fingerprint density at radius 2 is 1.74 bits per heavy atom. The number of hydrogen-bond donors (Lipinski definition) is 1. The average Bonchev–Trinajstić information content (AvgIpc) is 2.38. The lowest BCUT2D eigenvalue weighted by atomic mass is 10.2. The predicted molar refractivity (Wildman–Crippen MR) is 77.8 cm³/mol. The van der Waals surface area contributed by atoms with Gasteiger partial charge in [0.15, 0.2) is 6.29 Å². The topological polar surface area (TPSA) is 46.5 Å². The third kappa shape index (κ3) is 5.07. The zero-order valence-electron chi connectivity index (χ0n) is 12.1. The summed E-state index contributed by atoms with van der Waals surface area (Å²) in [6.07, 6.45) is 0.169. The molecule has 0 saturated heterocycles. The Balaban J connectivity index is 2.88. The minimum absolute atomic E-state index is 0.169. The van der Waals surface area contributed by atoms with Gasteiger partial charge in [-0.15, -0.1) is 0 Å². The van der Waals surface area contributed by atoms with E-state index in [1.165, 1.54) is 5.56 Å². The van der Waals surface area contributed by atoms with Crippen LogP contribution in [0.2, 0.25) is 0 Å². The highest BCUT2D eigenvalue weighted by Crippen LogP contribution is 2.44. The van der Waals surface area contributed by atoms with Gasteiger partial charge in [0.05, 0.1) is 19.7 Å². The fraction of sp³-hybridized carbons (Fsp3) is 0.571. The molecule has 0 bridgehead atoms. The van der Waals surface area contributed by atoms with Gasteiger partial charge in [0.25, 0.3) is 0 Å².